The van der Waals surface area contributed by atoms with Gasteiger partial charge < -0.3 is 0 Å². The first kappa shape index (κ1) is 17.7. The van der Waals surface area contributed by atoms with Crippen molar-refractivity contribution < 1.29 is 16.8 Å². The fraction of sp³-hybridized carbons (Fsp3) is 0.400. The van der Waals surface area contributed by atoms with Crippen LogP contribution >= 0.6 is 27.5 Å². The lowest BCUT2D eigenvalue weighted by Gasteiger charge is -2.12. The Kier molecular flexibility index (Phi) is 5.85. The molecule has 1 aromatic rings. The fourth-order valence-corrected chi connectivity index (χ4v) is 4.39. The highest BCUT2D eigenvalue weighted by atomic mass is 79.9. The van der Waals surface area contributed by atoms with Gasteiger partial charge in [-0.05, 0) is 40.0 Å². The summed E-state index contributed by atoms with van der Waals surface area (Å²) in [6.07, 6.45) is 0. The number of hydrogen-bond acceptors (Lipinski definition) is 4. The number of nitrogens with two attached hydrogens (primary N) is 1. The monoisotopic (exact) mass is 404 g/mol. The van der Waals surface area contributed by atoms with Gasteiger partial charge in [-0.15, -0.1) is 11.6 Å². The maximum atomic E-state index is 11.9. The van der Waals surface area contributed by atoms with E-state index in [0.29, 0.717) is 0 Å². The molecule has 6 nitrogen and oxygen atoms in total. The van der Waals surface area contributed by atoms with E-state index in [4.69, 9.17) is 16.7 Å². The van der Waals surface area contributed by atoms with Gasteiger partial charge in [0, 0.05) is 10.4 Å². The Morgan fingerprint density at radius 2 is 1.95 bits per heavy atom. The number of sulfonamides is 2. The first-order valence-electron chi connectivity index (χ1n) is 5.44. The van der Waals surface area contributed by atoms with Crippen LogP contribution in [-0.4, -0.2) is 28.5 Å². The summed E-state index contributed by atoms with van der Waals surface area (Å²) in [5, 5.41) is 4.98. The molecule has 1 unspecified atom stereocenters. The third kappa shape index (κ3) is 5.21. The number of alkyl halides is 1. The molecule has 20 heavy (non-hydrogen) atoms. The first-order valence-corrected chi connectivity index (χ1v) is 9.96. The Morgan fingerprint density at radius 3 is 2.40 bits per heavy atom. The zero-order valence-electron chi connectivity index (χ0n) is 10.5. The van der Waals surface area contributed by atoms with E-state index < -0.39 is 20.0 Å². The third-order valence-electron chi connectivity index (χ3n) is 2.30. The molecule has 0 spiro atoms. The van der Waals surface area contributed by atoms with Crippen LogP contribution in [0.25, 0.3) is 0 Å². The lowest BCUT2D eigenvalue weighted by molar-refractivity contribution is 0.588. The van der Waals surface area contributed by atoms with Crippen molar-refractivity contribution in [1.82, 2.24) is 0 Å². The minimum atomic E-state index is -3.83. The predicted molar refractivity (Wildman–Crippen MR) is 82.8 cm³/mol. The maximum Gasteiger partial charge on any atom is 0.238 e. The third-order valence-corrected chi connectivity index (χ3v) is 5.93. The van der Waals surface area contributed by atoms with Crippen LogP contribution in [0.5, 0.6) is 0 Å². The molecule has 0 aromatic heterocycles. The number of nitrogens with one attached hydrogen (secondary N) is 1. The van der Waals surface area contributed by atoms with Gasteiger partial charge in [0.15, 0.2) is 0 Å². The van der Waals surface area contributed by atoms with Crippen molar-refractivity contribution >= 4 is 53.3 Å². The molecular formula is C10H14BrClN2O4S2. The number of benzene rings is 1. The van der Waals surface area contributed by atoms with Gasteiger partial charge in [-0.3, -0.25) is 4.72 Å². The van der Waals surface area contributed by atoms with Crippen LogP contribution in [0.15, 0.2) is 27.6 Å². The molecule has 114 valence electrons. The van der Waals surface area contributed by atoms with Gasteiger partial charge in [-0.2, -0.15) is 0 Å². The number of anilines is 1. The van der Waals surface area contributed by atoms with Gasteiger partial charge in [-0.25, -0.2) is 22.0 Å². The van der Waals surface area contributed by atoms with E-state index in [2.05, 4.69) is 20.7 Å². The Bertz CT molecular complexity index is 691. The van der Waals surface area contributed by atoms with Gasteiger partial charge in [0.1, 0.15) is 0 Å². The van der Waals surface area contributed by atoms with Gasteiger partial charge in [0.25, 0.3) is 0 Å². The molecule has 0 amide bonds. The zero-order chi connectivity index (χ0) is 15.6. The average molecular weight is 406 g/mol. The minimum absolute atomic E-state index is 0.110. The average Bonchev–Trinajstić information content (AvgIpc) is 2.29. The van der Waals surface area contributed by atoms with E-state index in [1.807, 2.05) is 0 Å². The normalized spacial score (nSPS) is 14.0. The van der Waals surface area contributed by atoms with Crippen LogP contribution in [0.3, 0.4) is 0 Å². The maximum absolute atomic E-state index is 11.9. The molecule has 0 fully saturated rings. The van der Waals surface area contributed by atoms with Crippen LogP contribution in [0, 0.1) is 5.92 Å². The molecule has 0 heterocycles. The zero-order valence-corrected chi connectivity index (χ0v) is 14.5. The van der Waals surface area contributed by atoms with Gasteiger partial charge in [0.05, 0.1) is 16.3 Å². The summed E-state index contributed by atoms with van der Waals surface area (Å²) in [6.45, 7) is 1.71. The van der Waals surface area contributed by atoms with Crippen LogP contribution in [-0.2, 0) is 20.0 Å². The summed E-state index contributed by atoms with van der Waals surface area (Å²) in [4.78, 5) is -0.110. The minimum Gasteiger partial charge on any atom is -0.282 e. The Balaban J connectivity index is 3.00. The van der Waals surface area contributed by atoms with Crippen molar-refractivity contribution in [2.45, 2.75) is 11.8 Å². The molecule has 1 aromatic carbocycles. The highest BCUT2D eigenvalue weighted by Gasteiger charge is 2.17. The van der Waals surface area contributed by atoms with Crippen molar-refractivity contribution in [2.24, 2.45) is 11.1 Å². The Morgan fingerprint density at radius 1 is 1.35 bits per heavy atom. The molecule has 0 aliphatic carbocycles. The Labute approximate surface area is 131 Å². The molecule has 3 N–H and O–H groups in total. The molecule has 0 bridgehead atoms. The van der Waals surface area contributed by atoms with Gasteiger partial charge in [-0.1, -0.05) is 6.92 Å². The van der Waals surface area contributed by atoms with Crippen molar-refractivity contribution in [3.63, 3.8) is 0 Å². The summed E-state index contributed by atoms with van der Waals surface area (Å²) >= 11 is 8.68. The van der Waals surface area contributed by atoms with E-state index >= 15 is 0 Å². The SMILES string of the molecule is CC(CCl)CS(=O)(=O)Nc1ccc(S(N)(=O)=O)cc1Br. The van der Waals surface area contributed by atoms with Gasteiger partial charge >= 0.3 is 0 Å². The number of primary sulfonamides is 1. The van der Waals surface area contributed by atoms with E-state index in [1.165, 1.54) is 18.2 Å². The highest BCUT2D eigenvalue weighted by Crippen LogP contribution is 2.26. The predicted octanol–water partition coefficient (Wildman–Crippen LogP) is 1.71. The van der Waals surface area contributed by atoms with Crippen LogP contribution in [0.2, 0.25) is 0 Å². The first-order chi connectivity index (χ1) is 9.05. The smallest absolute Gasteiger partial charge is 0.238 e. The topological polar surface area (TPSA) is 106 Å². The molecule has 0 saturated carbocycles. The summed E-state index contributed by atoms with van der Waals surface area (Å²) in [6, 6.07) is 3.79. The molecule has 0 radical (unpaired) electrons. The highest BCUT2D eigenvalue weighted by molar-refractivity contribution is 9.10. The second-order valence-electron chi connectivity index (χ2n) is 4.33. The van der Waals surface area contributed by atoms with E-state index in [-0.39, 0.29) is 32.6 Å². The van der Waals surface area contributed by atoms with Crippen molar-refractivity contribution in [2.75, 3.05) is 16.4 Å². The quantitative estimate of drug-likeness (QED) is 0.703. The summed E-state index contributed by atoms with van der Waals surface area (Å²) in [5.41, 5.74) is 0.235. The second kappa shape index (κ2) is 6.61. The second-order valence-corrected chi connectivity index (χ2v) is 8.82. The van der Waals surface area contributed by atoms with Crippen molar-refractivity contribution in [1.29, 1.82) is 0 Å². The van der Waals surface area contributed by atoms with Crippen molar-refractivity contribution in [3.05, 3.63) is 22.7 Å². The molecule has 0 saturated heterocycles. The van der Waals surface area contributed by atoms with Crippen LogP contribution in [0.1, 0.15) is 6.92 Å². The Hall–Kier alpha value is -0.350. The molecule has 1 atom stereocenters. The number of halogens is 2. The molecular weight excluding hydrogens is 392 g/mol. The van der Waals surface area contributed by atoms with Crippen LogP contribution in [0.4, 0.5) is 5.69 Å². The van der Waals surface area contributed by atoms with Crippen molar-refractivity contribution in [3.8, 4) is 0 Å². The van der Waals surface area contributed by atoms with Crippen LogP contribution < -0.4 is 9.86 Å². The summed E-state index contributed by atoms with van der Waals surface area (Å²) in [7, 11) is -7.40. The van der Waals surface area contributed by atoms with Gasteiger partial charge in [0.2, 0.25) is 20.0 Å². The lowest BCUT2D eigenvalue weighted by Crippen LogP contribution is -2.22. The van der Waals surface area contributed by atoms with E-state index in [1.54, 1.807) is 6.92 Å². The lowest BCUT2D eigenvalue weighted by atomic mass is 10.3. The largest absolute Gasteiger partial charge is 0.282 e. The van der Waals surface area contributed by atoms with E-state index in [0.717, 1.165) is 0 Å². The molecule has 0 aliphatic rings. The molecule has 0 aliphatic heterocycles. The molecule has 1 rings (SSSR count). The standard InChI is InChI=1S/C10H14BrClN2O4S2/c1-7(5-12)6-19(15,16)14-10-3-2-8(4-9(10)11)20(13,17)18/h2-4,7,14H,5-6H2,1H3,(H2,13,17,18). The molecule has 10 heteroatoms. The van der Waals surface area contributed by atoms with E-state index in [9.17, 15) is 16.8 Å². The summed E-state index contributed by atoms with van der Waals surface area (Å²) in [5.74, 6) is -0.0941. The number of hydrogen-bond donors (Lipinski definition) is 2. The summed E-state index contributed by atoms with van der Waals surface area (Å²) < 4.78 is 48.7. The fourth-order valence-electron chi connectivity index (χ4n) is 1.38. The number of rotatable bonds is 6.